The van der Waals surface area contributed by atoms with Crippen molar-refractivity contribution in [2.45, 2.75) is 19.8 Å². The van der Waals surface area contributed by atoms with Gasteiger partial charge in [0.25, 0.3) is 5.91 Å². The van der Waals surface area contributed by atoms with E-state index in [1.807, 2.05) is 6.07 Å². The van der Waals surface area contributed by atoms with Gasteiger partial charge in [0.1, 0.15) is 0 Å². The van der Waals surface area contributed by atoms with Gasteiger partial charge in [-0.15, -0.1) is 0 Å². The monoisotopic (exact) mass is 382 g/mol. The van der Waals surface area contributed by atoms with Crippen LogP contribution in [0.2, 0.25) is 0 Å². The number of likely N-dealkylation sites (tertiary alicyclic amines) is 1. The normalized spacial score (nSPS) is 20.9. The molecule has 1 heterocycles. The Morgan fingerprint density at radius 1 is 1.39 bits per heavy atom. The van der Waals surface area contributed by atoms with Crippen LogP contribution in [0, 0.1) is 5.41 Å². The van der Waals surface area contributed by atoms with Crippen molar-refractivity contribution in [1.29, 1.82) is 0 Å². The number of halogens is 1. The average Bonchev–Trinajstić information content (AvgIpc) is 2.52. The van der Waals surface area contributed by atoms with Gasteiger partial charge in [0.2, 0.25) is 5.91 Å². The highest BCUT2D eigenvalue weighted by atomic mass is 79.9. The van der Waals surface area contributed by atoms with Crippen LogP contribution >= 0.6 is 15.9 Å². The number of carbonyl (C=O) groups is 3. The summed E-state index contributed by atoms with van der Waals surface area (Å²) in [6.45, 7) is 2.21. The molecule has 0 radical (unpaired) electrons. The molecule has 2 amide bonds. The fourth-order valence-electron chi connectivity index (χ4n) is 2.63. The van der Waals surface area contributed by atoms with Gasteiger partial charge >= 0.3 is 5.97 Å². The molecule has 1 atom stereocenters. The van der Waals surface area contributed by atoms with Crippen molar-refractivity contribution in [3.05, 3.63) is 34.3 Å². The largest absolute Gasteiger partial charge is 0.481 e. The minimum absolute atomic E-state index is 0.138. The Bertz CT molecular complexity index is 634. The van der Waals surface area contributed by atoms with Gasteiger partial charge in [-0.05, 0) is 38.0 Å². The van der Waals surface area contributed by atoms with E-state index in [1.165, 1.54) is 4.90 Å². The molecule has 7 heteroatoms. The summed E-state index contributed by atoms with van der Waals surface area (Å²) in [6.07, 6.45) is 1.20. The van der Waals surface area contributed by atoms with Gasteiger partial charge in [0.15, 0.2) is 0 Å². The van der Waals surface area contributed by atoms with Crippen molar-refractivity contribution in [3.63, 3.8) is 0 Å². The molecule has 0 aliphatic carbocycles. The molecule has 23 heavy (non-hydrogen) atoms. The number of hydrogen-bond donors (Lipinski definition) is 2. The van der Waals surface area contributed by atoms with Crippen molar-refractivity contribution >= 4 is 33.7 Å². The summed E-state index contributed by atoms with van der Waals surface area (Å²) >= 11 is 3.29. The Balaban J connectivity index is 1.92. The fourth-order valence-corrected chi connectivity index (χ4v) is 3.03. The molecule has 0 bridgehead atoms. The number of benzene rings is 1. The van der Waals surface area contributed by atoms with Crippen LogP contribution in [0.15, 0.2) is 28.7 Å². The van der Waals surface area contributed by atoms with E-state index in [-0.39, 0.29) is 24.9 Å². The number of carbonyl (C=O) groups excluding carboxylic acids is 2. The Morgan fingerprint density at radius 3 is 2.78 bits per heavy atom. The molecule has 1 unspecified atom stereocenters. The third kappa shape index (κ3) is 4.31. The van der Waals surface area contributed by atoms with Crippen LogP contribution in [0.5, 0.6) is 0 Å². The number of piperidine rings is 1. The lowest BCUT2D eigenvalue weighted by Crippen LogP contribution is -2.50. The first-order chi connectivity index (χ1) is 10.8. The van der Waals surface area contributed by atoms with E-state index in [4.69, 9.17) is 0 Å². The number of hydrogen-bond acceptors (Lipinski definition) is 3. The molecule has 0 spiro atoms. The van der Waals surface area contributed by atoms with E-state index in [0.29, 0.717) is 24.9 Å². The van der Waals surface area contributed by atoms with E-state index in [1.54, 1.807) is 25.1 Å². The van der Waals surface area contributed by atoms with Crippen LogP contribution < -0.4 is 5.32 Å². The van der Waals surface area contributed by atoms with Gasteiger partial charge < -0.3 is 15.3 Å². The van der Waals surface area contributed by atoms with Crippen molar-refractivity contribution in [3.8, 4) is 0 Å². The molecule has 2 rings (SSSR count). The summed E-state index contributed by atoms with van der Waals surface area (Å²) in [6, 6.07) is 6.88. The first kappa shape index (κ1) is 17.5. The highest BCUT2D eigenvalue weighted by Gasteiger charge is 2.39. The molecule has 1 aliphatic heterocycles. The summed E-state index contributed by atoms with van der Waals surface area (Å²) in [5, 5.41) is 11.9. The third-order valence-corrected chi connectivity index (χ3v) is 4.55. The van der Waals surface area contributed by atoms with E-state index in [0.717, 1.165) is 4.47 Å². The molecule has 124 valence electrons. The number of amides is 2. The Hall–Kier alpha value is -1.89. The minimum Gasteiger partial charge on any atom is -0.481 e. The fraction of sp³-hybridized carbons (Fsp3) is 0.438. The van der Waals surface area contributed by atoms with E-state index in [2.05, 4.69) is 21.2 Å². The molecule has 1 aromatic rings. The second kappa shape index (κ2) is 7.12. The lowest BCUT2D eigenvalue weighted by atomic mass is 9.82. The SMILES string of the molecule is CC1(C(=O)O)CCCN(C(=O)CNC(=O)c2cccc(Br)c2)C1. The zero-order valence-electron chi connectivity index (χ0n) is 12.8. The standard InChI is InChI=1S/C16H19BrN2O4/c1-16(15(22)23)6-3-7-19(10-16)13(20)9-18-14(21)11-4-2-5-12(17)8-11/h2,4-5,8H,3,6-7,9-10H2,1H3,(H,18,21)(H,22,23). The topological polar surface area (TPSA) is 86.7 Å². The maximum atomic E-state index is 12.2. The first-order valence-corrected chi connectivity index (χ1v) is 8.16. The summed E-state index contributed by atoms with van der Waals surface area (Å²) in [4.78, 5) is 37.1. The zero-order chi connectivity index (χ0) is 17.0. The lowest BCUT2D eigenvalue weighted by molar-refractivity contribution is -0.153. The van der Waals surface area contributed by atoms with Crippen LogP contribution in [0.4, 0.5) is 0 Å². The van der Waals surface area contributed by atoms with Crippen LogP contribution in [0.25, 0.3) is 0 Å². The highest BCUT2D eigenvalue weighted by molar-refractivity contribution is 9.10. The molecule has 6 nitrogen and oxygen atoms in total. The Labute approximate surface area is 143 Å². The summed E-state index contributed by atoms with van der Waals surface area (Å²) in [5.41, 5.74) is -0.455. The first-order valence-electron chi connectivity index (χ1n) is 7.37. The molecule has 1 aliphatic rings. The predicted molar refractivity (Wildman–Crippen MR) is 88.0 cm³/mol. The zero-order valence-corrected chi connectivity index (χ0v) is 14.4. The summed E-state index contributed by atoms with van der Waals surface area (Å²) in [7, 11) is 0. The molecular weight excluding hydrogens is 364 g/mol. The molecule has 1 saturated heterocycles. The molecular formula is C16H19BrN2O4. The van der Waals surface area contributed by atoms with Gasteiger partial charge in [-0.2, -0.15) is 0 Å². The quantitative estimate of drug-likeness (QED) is 0.832. The van der Waals surface area contributed by atoms with Gasteiger partial charge in [0.05, 0.1) is 12.0 Å². The number of aliphatic carboxylic acids is 1. The molecule has 2 N–H and O–H groups in total. The third-order valence-electron chi connectivity index (χ3n) is 4.05. The van der Waals surface area contributed by atoms with Crippen molar-refractivity contribution in [2.75, 3.05) is 19.6 Å². The number of nitrogens with one attached hydrogen (secondary N) is 1. The van der Waals surface area contributed by atoms with Gasteiger partial charge in [-0.1, -0.05) is 22.0 Å². The van der Waals surface area contributed by atoms with Gasteiger partial charge in [0, 0.05) is 23.1 Å². The second-order valence-corrected chi connectivity index (χ2v) is 6.89. The van der Waals surface area contributed by atoms with E-state index < -0.39 is 11.4 Å². The highest BCUT2D eigenvalue weighted by Crippen LogP contribution is 2.29. The minimum atomic E-state index is -0.914. The molecule has 1 aromatic carbocycles. The van der Waals surface area contributed by atoms with Crippen LogP contribution in [-0.2, 0) is 9.59 Å². The lowest BCUT2D eigenvalue weighted by Gasteiger charge is -2.37. The van der Waals surface area contributed by atoms with Crippen LogP contribution in [0.1, 0.15) is 30.1 Å². The summed E-state index contributed by atoms with van der Waals surface area (Å²) in [5.74, 6) is -1.49. The van der Waals surface area contributed by atoms with Crippen LogP contribution in [-0.4, -0.2) is 47.4 Å². The van der Waals surface area contributed by atoms with Crippen molar-refractivity contribution < 1.29 is 19.5 Å². The van der Waals surface area contributed by atoms with Gasteiger partial charge in [-0.3, -0.25) is 14.4 Å². The van der Waals surface area contributed by atoms with Crippen LogP contribution in [0.3, 0.4) is 0 Å². The number of rotatable bonds is 4. The number of nitrogens with zero attached hydrogens (tertiary/aromatic N) is 1. The number of carboxylic acids is 1. The molecule has 0 aromatic heterocycles. The molecule has 0 saturated carbocycles. The maximum Gasteiger partial charge on any atom is 0.311 e. The number of carboxylic acid groups (broad SMARTS) is 1. The maximum absolute atomic E-state index is 12.2. The average molecular weight is 383 g/mol. The smallest absolute Gasteiger partial charge is 0.311 e. The second-order valence-electron chi connectivity index (χ2n) is 5.98. The predicted octanol–water partition coefficient (Wildman–Crippen LogP) is 1.89. The van der Waals surface area contributed by atoms with Crippen molar-refractivity contribution in [2.24, 2.45) is 5.41 Å². The summed E-state index contributed by atoms with van der Waals surface area (Å²) < 4.78 is 0.782. The Morgan fingerprint density at radius 2 is 2.13 bits per heavy atom. The van der Waals surface area contributed by atoms with E-state index in [9.17, 15) is 19.5 Å². The Kier molecular flexibility index (Phi) is 5.41. The van der Waals surface area contributed by atoms with Crippen molar-refractivity contribution in [1.82, 2.24) is 10.2 Å². The van der Waals surface area contributed by atoms with E-state index >= 15 is 0 Å². The molecule has 1 fully saturated rings. The van der Waals surface area contributed by atoms with Gasteiger partial charge in [-0.25, -0.2) is 0 Å².